The highest BCUT2D eigenvalue weighted by atomic mass is 32.2. The molecule has 2 N–H and O–H groups in total. The molecule has 1 aliphatic heterocycles. The Kier molecular flexibility index (Phi) is 5.95. The van der Waals surface area contributed by atoms with Crippen LogP contribution in [0.25, 0.3) is 11.0 Å². The van der Waals surface area contributed by atoms with Crippen molar-refractivity contribution in [2.75, 3.05) is 13.1 Å². The van der Waals surface area contributed by atoms with Crippen LogP contribution in [0.1, 0.15) is 61.1 Å². The van der Waals surface area contributed by atoms with Gasteiger partial charge in [-0.25, -0.2) is 0 Å². The van der Waals surface area contributed by atoms with Gasteiger partial charge in [-0.15, -0.1) is 0 Å². The van der Waals surface area contributed by atoms with Crippen molar-refractivity contribution in [3.8, 4) is 0 Å². The van der Waals surface area contributed by atoms with Crippen LogP contribution < -0.4 is 5.73 Å². The lowest BCUT2D eigenvalue weighted by atomic mass is 9.96. The first-order valence-corrected chi connectivity index (χ1v) is 11.4. The second-order valence-electron chi connectivity index (χ2n) is 7.95. The van der Waals surface area contributed by atoms with E-state index >= 15 is 0 Å². The smallest absolute Gasteiger partial charge is 0.289 e. The lowest BCUT2D eigenvalue weighted by Gasteiger charge is -2.30. The molecular weight excluding hydrogens is 372 g/mol. The molecule has 1 saturated heterocycles. The molecule has 0 bridgehead atoms. The van der Waals surface area contributed by atoms with E-state index in [1.807, 2.05) is 40.9 Å². The lowest BCUT2D eigenvalue weighted by Crippen LogP contribution is -2.41. The zero-order chi connectivity index (χ0) is 19.5. The number of hydrogen-bond acceptors (Lipinski definition) is 4. The van der Waals surface area contributed by atoms with Crippen LogP contribution >= 0.6 is 11.8 Å². The molecule has 1 aromatic carbocycles. The van der Waals surface area contributed by atoms with E-state index in [9.17, 15) is 9.59 Å². The molecule has 0 spiro atoms. The van der Waals surface area contributed by atoms with Crippen LogP contribution in [0.2, 0.25) is 0 Å². The summed E-state index contributed by atoms with van der Waals surface area (Å²) in [6.45, 7) is 1.11. The molecule has 1 aliphatic carbocycles. The number of rotatable bonds is 5. The fourth-order valence-electron chi connectivity index (χ4n) is 4.36. The molecule has 2 aromatic rings. The number of nitrogens with zero attached hydrogens (tertiary/aromatic N) is 1. The number of likely N-dealkylation sites (tertiary alicyclic amines) is 1. The molecule has 2 amide bonds. The fraction of sp³-hybridized carbons (Fsp3) is 0.545. The Morgan fingerprint density at radius 1 is 1.07 bits per heavy atom. The van der Waals surface area contributed by atoms with Crippen LogP contribution in [-0.4, -0.2) is 35.1 Å². The van der Waals surface area contributed by atoms with Gasteiger partial charge in [-0.1, -0.05) is 37.5 Å². The number of primary amides is 1. The van der Waals surface area contributed by atoms with Crippen LogP contribution in [0.4, 0.5) is 0 Å². The number of piperidine rings is 1. The Labute approximate surface area is 170 Å². The summed E-state index contributed by atoms with van der Waals surface area (Å²) in [6, 6.07) is 7.92. The number of furan rings is 1. The number of carbonyl (C=O) groups excluding carboxylic acids is 2. The fourth-order valence-corrected chi connectivity index (χ4v) is 5.71. The molecule has 0 unspecified atom stereocenters. The van der Waals surface area contributed by atoms with Crippen molar-refractivity contribution in [3.05, 3.63) is 35.6 Å². The van der Waals surface area contributed by atoms with Gasteiger partial charge in [0.2, 0.25) is 5.91 Å². The molecule has 0 atom stereocenters. The second-order valence-corrected chi connectivity index (χ2v) is 9.23. The maximum atomic E-state index is 13.2. The summed E-state index contributed by atoms with van der Waals surface area (Å²) in [5.41, 5.74) is 7.22. The van der Waals surface area contributed by atoms with Crippen molar-refractivity contribution in [1.29, 1.82) is 0 Å². The maximum absolute atomic E-state index is 13.2. The lowest BCUT2D eigenvalue weighted by molar-refractivity contribution is -0.123. The molecule has 2 heterocycles. The molecular formula is C22H28N2O3S. The summed E-state index contributed by atoms with van der Waals surface area (Å²) in [5.74, 6) is 0.836. The largest absolute Gasteiger partial charge is 0.451 e. The molecule has 2 aliphatic rings. The topological polar surface area (TPSA) is 76.5 Å². The molecule has 6 heteroatoms. The summed E-state index contributed by atoms with van der Waals surface area (Å²) in [6.07, 6.45) is 7.77. The highest BCUT2D eigenvalue weighted by Gasteiger charge is 2.30. The first kappa shape index (κ1) is 19.4. The molecule has 1 saturated carbocycles. The van der Waals surface area contributed by atoms with Crippen molar-refractivity contribution in [1.82, 2.24) is 4.90 Å². The van der Waals surface area contributed by atoms with Gasteiger partial charge >= 0.3 is 0 Å². The van der Waals surface area contributed by atoms with Gasteiger partial charge in [0.15, 0.2) is 5.76 Å². The highest BCUT2D eigenvalue weighted by molar-refractivity contribution is 7.99. The van der Waals surface area contributed by atoms with Crippen molar-refractivity contribution < 1.29 is 14.0 Å². The van der Waals surface area contributed by atoms with Gasteiger partial charge in [0.1, 0.15) is 5.58 Å². The molecule has 1 aromatic heterocycles. The van der Waals surface area contributed by atoms with Gasteiger partial charge in [-0.3, -0.25) is 9.59 Å². The van der Waals surface area contributed by atoms with E-state index in [2.05, 4.69) is 0 Å². The number of amides is 2. The summed E-state index contributed by atoms with van der Waals surface area (Å²) in [5, 5.41) is 1.72. The number of fused-ring (bicyclic) bond motifs is 1. The van der Waals surface area contributed by atoms with Gasteiger partial charge in [-0.05, 0) is 31.7 Å². The Morgan fingerprint density at radius 3 is 2.50 bits per heavy atom. The third kappa shape index (κ3) is 4.07. The second kappa shape index (κ2) is 8.60. The van der Waals surface area contributed by atoms with Gasteiger partial charge in [0.25, 0.3) is 5.91 Å². The summed E-state index contributed by atoms with van der Waals surface area (Å²) >= 11 is 1.96. The number of benzene rings is 1. The SMILES string of the molecule is NC(=O)C1CCN(C(=O)c2oc3ccccc3c2CSC2CCCCC2)CC1. The quantitative estimate of drug-likeness (QED) is 0.810. The standard InChI is InChI=1S/C22H28N2O3S/c23-21(25)15-10-12-24(13-11-15)22(26)20-18(14-28-16-6-2-1-3-7-16)17-8-4-5-9-19(17)27-20/h4-5,8-9,15-16H,1-3,6-7,10-14H2,(H2,23,25). The van der Waals surface area contributed by atoms with Crippen LogP contribution in [0.3, 0.4) is 0 Å². The summed E-state index contributed by atoms with van der Waals surface area (Å²) in [4.78, 5) is 26.4. The Morgan fingerprint density at radius 2 is 1.79 bits per heavy atom. The van der Waals surface area contributed by atoms with Crippen LogP contribution in [-0.2, 0) is 10.5 Å². The van der Waals surface area contributed by atoms with E-state index in [1.165, 1.54) is 32.1 Å². The van der Waals surface area contributed by atoms with Crippen LogP contribution in [0, 0.1) is 5.92 Å². The highest BCUT2D eigenvalue weighted by Crippen LogP contribution is 2.35. The molecule has 0 radical (unpaired) electrons. The Bertz CT molecular complexity index is 849. The third-order valence-electron chi connectivity index (χ3n) is 6.09. The van der Waals surface area contributed by atoms with Crippen LogP contribution in [0.15, 0.2) is 28.7 Å². The van der Waals surface area contributed by atoms with Crippen molar-refractivity contribution in [2.45, 2.75) is 55.9 Å². The van der Waals surface area contributed by atoms with Gasteiger partial charge < -0.3 is 15.1 Å². The van der Waals surface area contributed by atoms with E-state index < -0.39 is 0 Å². The minimum Gasteiger partial charge on any atom is -0.451 e. The zero-order valence-corrected chi connectivity index (χ0v) is 17.0. The normalized spacial score (nSPS) is 19.2. The molecule has 4 rings (SSSR count). The zero-order valence-electron chi connectivity index (χ0n) is 16.2. The predicted molar refractivity (Wildman–Crippen MR) is 112 cm³/mol. The monoisotopic (exact) mass is 400 g/mol. The van der Waals surface area contributed by atoms with Gasteiger partial charge in [0.05, 0.1) is 0 Å². The van der Waals surface area contributed by atoms with Crippen molar-refractivity contribution in [2.24, 2.45) is 11.7 Å². The van der Waals surface area contributed by atoms with Crippen molar-refractivity contribution in [3.63, 3.8) is 0 Å². The van der Waals surface area contributed by atoms with E-state index in [0.717, 1.165) is 22.3 Å². The first-order valence-electron chi connectivity index (χ1n) is 10.3. The number of carbonyl (C=O) groups is 2. The molecule has 150 valence electrons. The Hall–Kier alpha value is -1.95. The average molecular weight is 401 g/mol. The van der Waals surface area contributed by atoms with Gasteiger partial charge in [0, 0.05) is 41.0 Å². The minimum absolute atomic E-state index is 0.0571. The number of nitrogens with two attached hydrogens (primary N) is 1. The average Bonchev–Trinajstić information content (AvgIpc) is 3.11. The minimum atomic E-state index is -0.264. The van der Waals surface area contributed by atoms with Crippen LogP contribution in [0.5, 0.6) is 0 Å². The molecule has 5 nitrogen and oxygen atoms in total. The van der Waals surface area contributed by atoms with E-state index in [0.29, 0.717) is 36.9 Å². The number of hydrogen-bond donors (Lipinski definition) is 1. The Balaban J connectivity index is 1.54. The number of thioether (sulfide) groups is 1. The third-order valence-corrected chi connectivity index (χ3v) is 7.49. The summed E-state index contributed by atoms with van der Waals surface area (Å²) in [7, 11) is 0. The van der Waals surface area contributed by atoms with E-state index in [1.54, 1.807) is 0 Å². The van der Waals surface area contributed by atoms with Gasteiger partial charge in [-0.2, -0.15) is 11.8 Å². The molecule has 2 fully saturated rings. The van der Waals surface area contributed by atoms with Crippen molar-refractivity contribution >= 4 is 34.5 Å². The number of para-hydroxylation sites is 1. The molecule has 28 heavy (non-hydrogen) atoms. The van der Waals surface area contributed by atoms with E-state index in [4.69, 9.17) is 10.2 Å². The predicted octanol–water partition coefficient (Wildman–Crippen LogP) is 4.34. The first-order chi connectivity index (χ1) is 13.6. The maximum Gasteiger partial charge on any atom is 0.289 e. The summed E-state index contributed by atoms with van der Waals surface area (Å²) < 4.78 is 6.03. The van der Waals surface area contributed by atoms with E-state index in [-0.39, 0.29) is 17.7 Å².